The fourth-order valence-electron chi connectivity index (χ4n) is 1.76. The smallest absolute Gasteiger partial charge is 0.239 e. The van der Waals surface area contributed by atoms with Gasteiger partial charge in [0.25, 0.3) is 0 Å². The van der Waals surface area contributed by atoms with Gasteiger partial charge in [0.15, 0.2) is 0 Å². The number of likely N-dealkylation sites (N-methyl/N-ethyl adjacent to an activating group) is 1. The Morgan fingerprint density at radius 2 is 2.43 bits per heavy atom. The van der Waals surface area contributed by atoms with Crippen LogP contribution in [0.1, 0.15) is 25.7 Å². The Morgan fingerprint density at radius 3 is 3.00 bits per heavy atom. The van der Waals surface area contributed by atoms with Crippen molar-refractivity contribution in [2.45, 2.75) is 31.7 Å². The molecular weight excluding hydrogens is 176 g/mol. The van der Waals surface area contributed by atoms with Gasteiger partial charge in [0.1, 0.15) is 0 Å². The van der Waals surface area contributed by atoms with Crippen LogP contribution in [0.2, 0.25) is 0 Å². The van der Waals surface area contributed by atoms with E-state index >= 15 is 0 Å². The molecule has 78 valence electrons. The summed E-state index contributed by atoms with van der Waals surface area (Å²) in [5.41, 5.74) is 0. The zero-order valence-corrected chi connectivity index (χ0v) is 8.75. The molecule has 0 aliphatic carbocycles. The normalized spacial score (nSPS) is 21.3. The van der Waals surface area contributed by atoms with Crippen molar-refractivity contribution in [1.82, 2.24) is 10.2 Å². The maximum atomic E-state index is 11.6. The molecular formula is C11H18N2O. The summed E-state index contributed by atoms with van der Waals surface area (Å²) in [6.45, 7) is 1.75. The number of terminal acetylenes is 1. The Morgan fingerprint density at radius 1 is 1.64 bits per heavy atom. The number of carbonyl (C=O) groups is 1. The van der Waals surface area contributed by atoms with Crippen LogP contribution in [0.5, 0.6) is 0 Å². The lowest BCUT2D eigenvalue weighted by atomic mass is 10.2. The molecule has 1 rings (SSSR count). The van der Waals surface area contributed by atoms with Crippen molar-refractivity contribution in [3.63, 3.8) is 0 Å². The molecule has 0 bridgehead atoms. The van der Waals surface area contributed by atoms with Crippen LogP contribution in [0.15, 0.2) is 0 Å². The Kier molecular flexibility index (Phi) is 4.48. The van der Waals surface area contributed by atoms with E-state index in [0.717, 1.165) is 38.8 Å². The first-order valence-electron chi connectivity index (χ1n) is 5.19. The van der Waals surface area contributed by atoms with E-state index in [-0.39, 0.29) is 11.9 Å². The fourth-order valence-corrected chi connectivity index (χ4v) is 1.76. The standard InChI is InChI=1S/C11H18N2O/c1-3-4-5-6-8-13-9-7-10(12-2)11(13)14/h1,10,12H,4-9H2,2H3. The van der Waals surface area contributed by atoms with Crippen LogP contribution in [-0.2, 0) is 4.79 Å². The Bertz CT molecular complexity index is 232. The van der Waals surface area contributed by atoms with Gasteiger partial charge < -0.3 is 10.2 Å². The second-order valence-corrected chi connectivity index (χ2v) is 3.62. The molecule has 1 amide bonds. The van der Waals surface area contributed by atoms with E-state index in [1.807, 2.05) is 11.9 Å². The number of unbranched alkanes of at least 4 members (excludes halogenated alkanes) is 2. The molecule has 0 spiro atoms. The highest BCUT2D eigenvalue weighted by Crippen LogP contribution is 2.11. The number of carbonyl (C=O) groups excluding carboxylic acids is 1. The summed E-state index contributed by atoms with van der Waals surface area (Å²) < 4.78 is 0. The molecule has 1 fully saturated rings. The summed E-state index contributed by atoms with van der Waals surface area (Å²) in [4.78, 5) is 13.6. The first-order valence-corrected chi connectivity index (χ1v) is 5.19. The fraction of sp³-hybridized carbons (Fsp3) is 0.727. The van der Waals surface area contributed by atoms with E-state index in [0.29, 0.717) is 0 Å². The van der Waals surface area contributed by atoms with Gasteiger partial charge in [0.2, 0.25) is 5.91 Å². The largest absolute Gasteiger partial charge is 0.341 e. The Hall–Kier alpha value is -1.01. The highest BCUT2D eigenvalue weighted by molar-refractivity contribution is 5.83. The third-order valence-corrected chi connectivity index (χ3v) is 2.65. The molecule has 1 aliphatic rings. The molecule has 3 nitrogen and oxygen atoms in total. The lowest BCUT2D eigenvalue weighted by Gasteiger charge is -2.15. The summed E-state index contributed by atoms with van der Waals surface area (Å²) in [6, 6.07) is 0.0441. The maximum Gasteiger partial charge on any atom is 0.239 e. The van der Waals surface area contributed by atoms with Crippen molar-refractivity contribution in [2.75, 3.05) is 20.1 Å². The van der Waals surface area contributed by atoms with E-state index in [2.05, 4.69) is 11.2 Å². The molecule has 0 aromatic heterocycles. The van der Waals surface area contributed by atoms with Gasteiger partial charge in [0, 0.05) is 19.5 Å². The third kappa shape index (κ3) is 2.74. The van der Waals surface area contributed by atoms with Crippen LogP contribution in [0.25, 0.3) is 0 Å². The SMILES string of the molecule is C#CCCCCN1CCC(NC)C1=O. The third-order valence-electron chi connectivity index (χ3n) is 2.65. The van der Waals surface area contributed by atoms with Gasteiger partial charge in [-0.2, -0.15) is 0 Å². The minimum Gasteiger partial charge on any atom is -0.341 e. The van der Waals surface area contributed by atoms with Gasteiger partial charge in [-0.1, -0.05) is 0 Å². The molecule has 0 aromatic carbocycles. The summed E-state index contributed by atoms with van der Waals surface area (Å²) in [5, 5.41) is 3.02. The average Bonchev–Trinajstić information content (AvgIpc) is 2.55. The highest BCUT2D eigenvalue weighted by atomic mass is 16.2. The predicted octanol–water partition coefficient (Wildman–Crippen LogP) is 0.610. The highest BCUT2D eigenvalue weighted by Gasteiger charge is 2.29. The van der Waals surface area contributed by atoms with Crippen LogP contribution in [0.3, 0.4) is 0 Å². The number of nitrogens with zero attached hydrogens (tertiary/aromatic N) is 1. The Balaban J connectivity index is 2.20. The first kappa shape index (κ1) is 11.1. The van der Waals surface area contributed by atoms with Gasteiger partial charge in [-0.05, 0) is 26.3 Å². The molecule has 1 saturated heterocycles. The number of hydrogen-bond acceptors (Lipinski definition) is 2. The van der Waals surface area contributed by atoms with Crippen molar-refractivity contribution in [2.24, 2.45) is 0 Å². The molecule has 14 heavy (non-hydrogen) atoms. The number of likely N-dealkylation sites (tertiary alicyclic amines) is 1. The monoisotopic (exact) mass is 194 g/mol. The first-order chi connectivity index (χ1) is 6.79. The van der Waals surface area contributed by atoms with Crippen LogP contribution in [0.4, 0.5) is 0 Å². The van der Waals surface area contributed by atoms with Crippen molar-refractivity contribution >= 4 is 5.91 Å². The van der Waals surface area contributed by atoms with E-state index in [1.54, 1.807) is 0 Å². The molecule has 1 aliphatic heterocycles. The van der Waals surface area contributed by atoms with Crippen molar-refractivity contribution in [3.05, 3.63) is 0 Å². The van der Waals surface area contributed by atoms with Gasteiger partial charge in [-0.15, -0.1) is 12.3 Å². The second kappa shape index (κ2) is 5.66. The molecule has 1 atom stereocenters. The van der Waals surface area contributed by atoms with Crippen molar-refractivity contribution in [3.8, 4) is 12.3 Å². The molecule has 3 heteroatoms. The van der Waals surface area contributed by atoms with Gasteiger partial charge >= 0.3 is 0 Å². The van der Waals surface area contributed by atoms with Crippen LogP contribution in [0, 0.1) is 12.3 Å². The summed E-state index contributed by atoms with van der Waals surface area (Å²) in [6.07, 6.45) is 8.94. The van der Waals surface area contributed by atoms with Crippen molar-refractivity contribution < 1.29 is 4.79 Å². The number of rotatable bonds is 5. The number of hydrogen-bond donors (Lipinski definition) is 1. The minimum atomic E-state index is 0.0441. The summed E-state index contributed by atoms with van der Waals surface area (Å²) in [5.74, 6) is 2.85. The van der Waals surface area contributed by atoms with Gasteiger partial charge in [0.05, 0.1) is 6.04 Å². The van der Waals surface area contributed by atoms with E-state index in [9.17, 15) is 4.79 Å². The zero-order valence-electron chi connectivity index (χ0n) is 8.75. The second-order valence-electron chi connectivity index (χ2n) is 3.62. The van der Waals surface area contributed by atoms with Crippen LogP contribution < -0.4 is 5.32 Å². The van der Waals surface area contributed by atoms with Gasteiger partial charge in [-0.3, -0.25) is 4.79 Å². The molecule has 0 radical (unpaired) electrons. The molecule has 1 unspecified atom stereocenters. The van der Waals surface area contributed by atoms with E-state index in [4.69, 9.17) is 6.42 Å². The zero-order chi connectivity index (χ0) is 10.4. The van der Waals surface area contributed by atoms with Crippen LogP contribution >= 0.6 is 0 Å². The molecule has 0 aromatic rings. The molecule has 1 heterocycles. The number of nitrogens with one attached hydrogen (secondary N) is 1. The lowest BCUT2D eigenvalue weighted by molar-refractivity contribution is -0.129. The van der Waals surface area contributed by atoms with E-state index < -0.39 is 0 Å². The predicted molar refractivity (Wildman–Crippen MR) is 56.7 cm³/mol. The van der Waals surface area contributed by atoms with E-state index in [1.165, 1.54) is 0 Å². The molecule has 1 N–H and O–H groups in total. The minimum absolute atomic E-state index is 0.0441. The average molecular weight is 194 g/mol. The topological polar surface area (TPSA) is 32.3 Å². The van der Waals surface area contributed by atoms with Gasteiger partial charge in [-0.25, -0.2) is 0 Å². The maximum absolute atomic E-state index is 11.6. The summed E-state index contributed by atoms with van der Waals surface area (Å²) >= 11 is 0. The number of amides is 1. The summed E-state index contributed by atoms with van der Waals surface area (Å²) in [7, 11) is 1.84. The quantitative estimate of drug-likeness (QED) is 0.514. The molecule has 0 saturated carbocycles. The lowest BCUT2D eigenvalue weighted by Crippen LogP contribution is -2.36. The Labute approximate surface area is 85.9 Å². The van der Waals surface area contributed by atoms with Crippen LogP contribution in [-0.4, -0.2) is 37.0 Å². The van der Waals surface area contributed by atoms with Crippen molar-refractivity contribution in [1.29, 1.82) is 0 Å².